The third-order valence-corrected chi connectivity index (χ3v) is 9.61. The number of carbonyl (C=O) groups is 1. The molecule has 4 aromatic rings. The van der Waals surface area contributed by atoms with Gasteiger partial charge < -0.3 is 14.5 Å². The average Bonchev–Trinajstić information content (AvgIpc) is 2.89. The van der Waals surface area contributed by atoms with Crippen LogP contribution in [0.5, 0.6) is 0 Å². The number of para-hydroxylation sites is 1. The van der Waals surface area contributed by atoms with Crippen molar-refractivity contribution in [2.45, 2.75) is 32.6 Å². The molecule has 2 aliphatic heterocycles. The molecular weight excluding hydrogens is 632 g/mol. The highest BCUT2D eigenvalue weighted by atomic mass is 79.9. The number of hydrogen-bond acceptors (Lipinski definition) is 6. The summed E-state index contributed by atoms with van der Waals surface area (Å²) in [6, 6.07) is 27.2. The zero-order valence-electron chi connectivity index (χ0n) is 19.9. The second-order valence-corrected chi connectivity index (χ2v) is 12.8. The normalized spacial score (nSPS) is 13.4. The third-order valence-electron chi connectivity index (χ3n) is 6.42. The standard InChI is InChI=1S/C29H22Br2N2O2S2/c1-32-21-4-2-3-5-25(21)36-26-14-18(6-9-22(26)32)17-35-29(34)12-13-33-23-10-7-19(30)15-27(23)37-28-16-20(31)8-11-24(28)33/h2-11,14-16H,12-13,17H2,1H3. The Kier molecular flexibility index (Phi) is 7.01. The molecule has 0 N–H and O–H groups in total. The van der Waals surface area contributed by atoms with Crippen LogP contribution in [-0.4, -0.2) is 19.6 Å². The maximum Gasteiger partial charge on any atom is 0.307 e. The van der Waals surface area contributed by atoms with Crippen LogP contribution in [0.15, 0.2) is 107 Å². The third kappa shape index (κ3) is 5.04. The number of carbonyl (C=O) groups excluding carboxylic acids is 1. The van der Waals surface area contributed by atoms with Crippen molar-refractivity contribution in [3.63, 3.8) is 0 Å². The molecular formula is C29H22Br2N2O2S2. The molecule has 186 valence electrons. The lowest BCUT2D eigenvalue weighted by Gasteiger charge is -2.33. The summed E-state index contributed by atoms with van der Waals surface area (Å²) >= 11 is 10.7. The summed E-state index contributed by atoms with van der Waals surface area (Å²) in [5, 5.41) is 0. The highest BCUT2D eigenvalue weighted by Gasteiger charge is 2.25. The monoisotopic (exact) mass is 652 g/mol. The number of fused-ring (bicyclic) bond motifs is 4. The van der Waals surface area contributed by atoms with E-state index in [2.05, 4.69) is 109 Å². The molecule has 2 aliphatic rings. The zero-order valence-corrected chi connectivity index (χ0v) is 24.7. The number of benzene rings is 4. The molecule has 0 saturated carbocycles. The molecule has 0 saturated heterocycles. The van der Waals surface area contributed by atoms with Gasteiger partial charge in [0.1, 0.15) is 6.61 Å². The van der Waals surface area contributed by atoms with Gasteiger partial charge in [0.05, 0.1) is 29.2 Å². The summed E-state index contributed by atoms with van der Waals surface area (Å²) in [4.78, 5) is 22.0. The summed E-state index contributed by atoms with van der Waals surface area (Å²) in [6.07, 6.45) is 0.297. The minimum Gasteiger partial charge on any atom is -0.461 e. The molecule has 0 aromatic heterocycles. The molecule has 0 radical (unpaired) electrons. The summed E-state index contributed by atoms with van der Waals surface area (Å²) in [7, 11) is 2.09. The van der Waals surface area contributed by atoms with Gasteiger partial charge in [-0.1, -0.05) is 73.6 Å². The first-order valence-electron chi connectivity index (χ1n) is 11.8. The quantitative estimate of drug-likeness (QED) is 0.200. The van der Waals surface area contributed by atoms with Crippen molar-refractivity contribution in [1.29, 1.82) is 0 Å². The number of esters is 1. The van der Waals surface area contributed by atoms with E-state index in [9.17, 15) is 4.79 Å². The van der Waals surface area contributed by atoms with E-state index in [4.69, 9.17) is 4.74 Å². The molecule has 2 heterocycles. The van der Waals surface area contributed by atoms with Crippen LogP contribution < -0.4 is 9.80 Å². The van der Waals surface area contributed by atoms with Gasteiger partial charge in [-0.25, -0.2) is 0 Å². The van der Waals surface area contributed by atoms with Gasteiger partial charge in [0.2, 0.25) is 0 Å². The Labute approximate surface area is 241 Å². The topological polar surface area (TPSA) is 32.8 Å². The molecule has 0 fully saturated rings. The molecule has 0 spiro atoms. The Morgan fingerprint density at radius 2 is 1.35 bits per heavy atom. The second-order valence-electron chi connectivity index (χ2n) is 8.82. The number of halogens is 2. The highest BCUT2D eigenvalue weighted by Crippen LogP contribution is 2.50. The van der Waals surface area contributed by atoms with Gasteiger partial charge in [-0.3, -0.25) is 4.79 Å². The van der Waals surface area contributed by atoms with Gasteiger partial charge in [0.25, 0.3) is 0 Å². The first-order valence-corrected chi connectivity index (χ1v) is 15.0. The van der Waals surface area contributed by atoms with Crippen molar-refractivity contribution in [2.24, 2.45) is 0 Å². The van der Waals surface area contributed by atoms with Crippen LogP contribution >= 0.6 is 55.4 Å². The molecule has 0 amide bonds. The molecule has 0 atom stereocenters. The van der Waals surface area contributed by atoms with Gasteiger partial charge in [-0.15, -0.1) is 0 Å². The first-order chi connectivity index (χ1) is 18.0. The van der Waals surface area contributed by atoms with Crippen LogP contribution in [0.2, 0.25) is 0 Å². The van der Waals surface area contributed by atoms with Crippen molar-refractivity contribution in [1.82, 2.24) is 0 Å². The smallest absolute Gasteiger partial charge is 0.307 e. The summed E-state index contributed by atoms with van der Waals surface area (Å²) in [6.45, 7) is 0.811. The van der Waals surface area contributed by atoms with Crippen molar-refractivity contribution in [3.8, 4) is 0 Å². The van der Waals surface area contributed by atoms with Crippen LogP contribution in [-0.2, 0) is 16.1 Å². The Hall–Kier alpha value is -2.39. The SMILES string of the molecule is CN1c2ccccc2Sc2cc(COC(=O)CCN3c4ccc(Br)cc4Sc4cc(Br)ccc43)ccc21. The van der Waals surface area contributed by atoms with E-state index in [1.165, 1.54) is 15.5 Å². The number of rotatable bonds is 5. The molecule has 0 bridgehead atoms. The summed E-state index contributed by atoms with van der Waals surface area (Å²) in [5.41, 5.74) is 5.57. The minimum absolute atomic E-state index is 0.205. The van der Waals surface area contributed by atoms with Gasteiger partial charge in [0.15, 0.2) is 0 Å². The molecule has 37 heavy (non-hydrogen) atoms. The number of anilines is 4. The van der Waals surface area contributed by atoms with Crippen LogP contribution in [0.25, 0.3) is 0 Å². The van der Waals surface area contributed by atoms with Crippen LogP contribution in [0.1, 0.15) is 12.0 Å². The first kappa shape index (κ1) is 24.9. The Morgan fingerprint density at radius 1 is 0.757 bits per heavy atom. The highest BCUT2D eigenvalue weighted by molar-refractivity contribution is 9.10. The van der Waals surface area contributed by atoms with Crippen LogP contribution in [0, 0.1) is 0 Å². The molecule has 4 nitrogen and oxygen atoms in total. The van der Waals surface area contributed by atoms with Gasteiger partial charge in [-0.2, -0.15) is 0 Å². The predicted octanol–water partition coefficient (Wildman–Crippen LogP) is 9.18. The van der Waals surface area contributed by atoms with E-state index in [-0.39, 0.29) is 12.6 Å². The van der Waals surface area contributed by atoms with E-state index >= 15 is 0 Å². The van der Waals surface area contributed by atoms with Crippen molar-refractivity contribution < 1.29 is 9.53 Å². The van der Waals surface area contributed by atoms with Gasteiger partial charge in [0, 0.05) is 42.1 Å². The Bertz CT molecular complexity index is 1480. The van der Waals surface area contributed by atoms with Crippen molar-refractivity contribution >= 4 is 84.1 Å². The molecule has 8 heteroatoms. The number of hydrogen-bond donors (Lipinski definition) is 0. The molecule has 6 rings (SSSR count). The summed E-state index contributed by atoms with van der Waals surface area (Å²) in [5.74, 6) is -0.205. The molecule has 4 aromatic carbocycles. The fraction of sp³-hybridized carbons (Fsp3) is 0.138. The molecule has 0 unspecified atom stereocenters. The maximum atomic E-state index is 12.8. The van der Waals surface area contributed by atoms with Crippen LogP contribution in [0.4, 0.5) is 22.7 Å². The van der Waals surface area contributed by atoms with Crippen molar-refractivity contribution in [2.75, 3.05) is 23.4 Å². The van der Waals surface area contributed by atoms with E-state index in [1.54, 1.807) is 23.5 Å². The van der Waals surface area contributed by atoms with E-state index in [0.717, 1.165) is 41.4 Å². The number of nitrogens with zero attached hydrogens (tertiary/aromatic N) is 2. The lowest BCUT2D eigenvalue weighted by atomic mass is 10.2. The lowest BCUT2D eigenvalue weighted by Crippen LogP contribution is -2.24. The molecule has 0 aliphatic carbocycles. The lowest BCUT2D eigenvalue weighted by molar-refractivity contribution is -0.144. The summed E-state index contributed by atoms with van der Waals surface area (Å²) < 4.78 is 7.79. The minimum atomic E-state index is -0.205. The van der Waals surface area contributed by atoms with Crippen LogP contribution in [0.3, 0.4) is 0 Å². The number of ether oxygens (including phenoxy) is 1. The van der Waals surface area contributed by atoms with E-state index < -0.39 is 0 Å². The predicted molar refractivity (Wildman–Crippen MR) is 159 cm³/mol. The maximum absolute atomic E-state index is 12.8. The fourth-order valence-corrected chi connectivity index (χ4v) is 8.00. The average molecular weight is 654 g/mol. The van der Waals surface area contributed by atoms with Crippen molar-refractivity contribution in [3.05, 3.63) is 93.4 Å². The van der Waals surface area contributed by atoms with E-state index in [1.807, 2.05) is 18.2 Å². The van der Waals surface area contributed by atoms with Gasteiger partial charge in [-0.05, 0) is 66.2 Å². The Morgan fingerprint density at radius 3 is 2.08 bits per heavy atom. The largest absolute Gasteiger partial charge is 0.461 e. The van der Waals surface area contributed by atoms with Gasteiger partial charge >= 0.3 is 5.97 Å². The van der Waals surface area contributed by atoms with E-state index in [0.29, 0.717) is 13.0 Å². The fourth-order valence-electron chi connectivity index (χ4n) is 4.59. The Balaban J connectivity index is 1.13. The zero-order chi connectivity index (χ0) is 25.5. The second kappa shape index (κ2) is 10.4.